The Bertz CT molecular complexity index is 713. The lowest BCUT2D eigenvalue weighted by molar-refractivity contribution is -0.144. The first-order chi connectivity index (χ1) is 13.4. The number of unbranched alkanes of at least 4 members (excludes halogenated alkanes) is 3. The predicted molar refractivity (Wildman–Crippen MR) is 110 cm³/mol. The highest BCUT2D eigenvalue weighted by Crippen LogP contribution is 2.50. The Morgan fingerprint density at radius 1 is 0.786 bits per heavy atom. The van der Waals surface area contributed by atoms with Crippen molar-refractivity contribution in [2.24, 2.45) is 10.8 Å². The van der Waals surface area contributed by atoms with Crippen molar-refractivity contribution < 1.29 is 19.8 Å². The van der Waals surface area contributed by atoms with Gasteiger partial charge in [-0.05, 0) is 82.3 Å². The van der Waals surface area contributed by atoms with Gasteiger partial charge in [-0.1, -0.05) is 43.0 Å². The van der Waals surface area contributed by atoms with E-state index in [0.717, 1.165) is 83.5 Å². The summed E-state index contributed by atoms with van der Waals surface area (Å²) < 4.78 is 0. The summed E-state index contributed by atoms with van der Waals surface area (Å²) in [5.74, 6) is -1.22. The fourth-order valence-electron chi connectivity index (χ4n) is 4.41. The van der Waals surface area contributed by atoms with Gasteiger partial charge in [0.25, 0.3) is 0 Å². The van der Waals surface area contributed by atoms with Crippen LogP contribution in [-0.2, 0) is 22.4 Å². The van der Waals surface area contributed by atoms with Gasteiger partial charge in [0, 0.05) is 0 Å². The van der Waals surface area contributed by atoms with Crippen LogP contribution in [0, 0.1) is 17.8 Å². The summed E-state index contributed by atoms with van der Waals surface area (Å²) in [5, 5.41) is 18.5. The van der Waals surface area contributed by atoms with Crippen LogP contribution in [0.25, 0.3) is 0 Å². The van der Waals surface area contributed by atoms with Crippen LogP contribution in [0.5, 0.6) is 0 Å². The molecule has 2 aliphatic rings. The number of rotatable bonds is 13. The van der Waals surface area contributed by atoms with Crippen molar-refractivity contribution in [3.63, 3.8) is 0 Å². The van der Waals surface area contributed by atoms with Crippen LogP contribution in [0.1, 0.15) is 87.3 Å². The van der Waals surface area contributed by atoms with Gasteiger partial charge in [-0.15, -0.1) is 0 Å². The summed E-state index contributed by atoms with van der Waals surface area (Å²) in [6.45, 7) is 2.12. The molecule has 0 amide bonds. The number of benzene rings is 1. The SMILES string of the molecule is Cc1ccc(CCCCCC2(C(=O)O)CC2)c(CCCCC2(C(=O)O)CC2)c1. The van der Waals surface area contributed by atoms with Crippen LogP contribution in [0.4, 0.5) is 0 Å². The molecule has 0 aliphatic heterocycles. The van der Waals surface area contributed by atoms with E-state index in [4.69, 9.17) is 0 Å². The third-order valence-electron chi connectivity index (χ3n) is 6.93. The highest BCUT2D eigenvalue weighted by Gasteiger charge is 2.49. The summed E-state index contributed by atoms with van der Waals surface area (Å²) in [6, 6.07) is 6.69. The molecular weight excluding hydrogens is 352 g/mol. The maximum absolute atomic E-state index is 11.3. The summed E-state index contributed by atoms with van der Waals surface area (Å²) >= 11 is 0. The van der Waals surface area contributed by atoms with Gasteiger partial charge in [-0.3, -0.25) is 9.59 Å². The number of aliphatic carboxylic acids is 2. The molecule has 0 unspecified atom stereocenters. The van der Waals surface area contributed by atoms with E-state index in [2.05, 4.69) is 25.1 Å². The van der Waals surface area contributed by atoms with Gasteiger partial charge in [0.05, 0.1) is 10.8 Å². The lowest BCUT2D eigenvalue weighted by atomic mass is 9.92. The van der Waals surface area contributed by atoms with Gasteiger partial charge in [0.2, 0.25) is 0 Å². The molecule has 1 aromatic carbocycles. The molecule has 2 N–H and O–H groups in total. The van der Waals surface area contributed by atoms with Crippen molar-refractivity contribution in [2.75, 3.05) is 0 Å². The maximum atomic E-state index is 11.3. The van der Waals surface area contributed by atoms with Crippen molar-refractivity contribution in [2.45, 2.75) is 90.4 Å². The summed E-state index contributed by atoms with van der Waals surface area (Å²) in [7, 11) is 0. The molecule has 0 atom stereocenters. The quantitative estimate of drug-likeness (QED) is 0.436. The second-order valence-corrected chi connectivity index (χ2v) is 9.21. The molecule has 0 radical (unpaired) electrons. The van der Waals surface area contributed by atoms with Gasteiger partial charge < -0.3 is 10.2 Å². The van der Waals surface area contributed by atoms with Crippen LogP contribution in [-0.4, -0.2) is 22.2 Å². The first-order valence-electron chi connectivity index (χ1n) is 10.9. The second-order valence-electron chi connectivity index (χ2n) is 9.21. The molecule has 0 spiro atoms. The molecular formula is C24H34O4. The highest BCUT2D eigenvalue weighted by atomic mass is 16.4. The number of hydrogen-bond donors (Lipinski definition) is 2. The standard InChI is InChI=1S/C24H34O4/c1-18-9-10-19(7-3-2-5-11-23(13-14-23)21(25)26)20(17-18)8-4-6-12-24(15-16-24)22(27)28/h9-10,17H,2-8,11-16H2,1H3,(H,25,26)(H,27,28). The minimum atomic E-state index is -0.611. The minimum absolute atomic E-state index is 0.385. The largest absolute Gasteiger partial charge is 0.481 e. The van der Waals surface area contributed by atoms with Crippen molar-refractivity contribution in [3.05, 3.63) is 34.9 Å². The summed E-state index contributed by atoms with van der Waals surface area (Å²) in [5.41, 5.74) is 3.31. The Balaban J connectivity index is 1.40. The molecule has 4 heteroatoms. The minimum Gasteiger partial charge on any atom is -0.481 e. The third-order valence-corrected chi connectivity index (χ3v) is 6.93. The van der Waals surface area contributed by atoms with Crippen LogP contribution >= 0.6 is 0 Å². The zero-order valence-electron chi connectivity index (χ0n) is 17.1. The molecule has 2 fully saturated rings. The molecule has 4 nitrogen and oxygen atoms in total. The molecule has 2 aliphatic carbocycles. The lowest BCUT2D eigenvalue weighted by Gasteiger charge is -2.13. The van der Waals surface area contributed by atoms with Crippen LogP contribution in [0.15, 0.2) is 18.2 Å². The Hall–Kier alpha value is -1.84. The van der Waals surface area contributed by atoms with Gasteiger partial charge >= 0.3 is 11.9 Å². The predicted octanol–water partition coefficient (Wildman–Crippen LogP) is 5.54. The topological polar surface area (TPSA) is 74.6 Å². The van der Waals surface area contributed by atoms with Gasteiger partial charge in [-0.2, -0.15) is 0 Å². The molecule has 2 saturated carbocycles. The molecule has 3 rings (SSSR count). The fraction of sp³-hybridized carbons (Fsp3) is 0.667. The molecule has 0 saturated heterocycles. The molecule has 28 heavy (non-hydrogen) atoms. The van der Waals surface area contributed by atoms with E-state index in [1.165, 1.54) is 16.7 Å². The molecule has 1 aromatic rings. The normalized spacial score (nSPS) is 18.6. The number of carboxylic acids is 2. The van der Waals surface area contributed by atoms with E-state index in [0.29, 0.717) is 0 Å². The monoisotopic (exact) mass is 386 g/mol. The first kappa shape index (κ1) is 20.9. The Morgan fingerprint density at radius 2 is 1.29 bits per heavy atom. The second kappa shape index (κ2) is 8.67. The zero-order chi connectivity index (χ0) is 20.2. The van der Waals surface area contributed by atoms with E-state index in [9.17, 15) is 19.8 Å². The number of hydrogen-bond acceptors (Lipinski definition) is 2. The first-order valence-corrected chi connectivity index (χ1v) is 10.9. The van der Waals surface area contributed by atoms with E-state index >= 15 is 0 Å². The summed E-state index contributed by atoms with van der Waals surface area (Å²) in [6.07, 6.45) is 12.3. The van der Waals surface area contributed by atoms with Gasteiger partial charge in [0.15, 0.2) is 0 Å². The van der Waals surface area contributed by atoms with Gasteiger partial charge in [0.1, 0.15) is 0 Å². The van der Waals surface area contributed by atoms with Crippen LogP contribution < -0.4 is 0 Å². The molecule has 0 aromatic heterocycles. The number of carboxylic acid groups (broad SMARTS) is 2. The summed E-state index contributed by atoms with van der Waals surface area (Å²) in [4.78, 5) is 22.5. The van der Waals surface area contributed by atoms with Crippen molar-refractivity contribution >= 4 is 11.9 Å². The zero-order valence-corrected chi connectivity index (χ0v) is 17.1. The highest BCUT2D eigenvalue weighted by molar-refractivity contribution is 5.78. The van der Waals surface area contributed by atoms with Crippen LogP contribution in [0.2, 0.25) is 0 Å². The van der Waals surface area contributed by atoms with Crippen molar-refractivity contribution in [3.8, 4) is 0 Å². The van der Waals surface area contributed by atoms with Gasteiger partial charge in [-0.25, -0.2) is 0 Å². The Labute approximate surface area is 168 Å². The smallest absolute Gasteiger partial charge is 0.309 e. The molecule has 154 valence electrons. The fourth-order valence-corrected chi connectivity index (χ4v) is 4.41. The van der Waals surface area contributed by atoms with Crippen molar-refractivity contribution in [1.29, 1.82) is 0 Å². The number of aryl methyl sites for hydroxylation is 3. The lowest BCUT2D eigenvalue weighted by Crippen LogP contribution is -2.14. The van der Waals surface area contributed by atoms with E-state index in [1.54, 1.807) is 0 Å². The average Bonchev–Trinajstić information content (AvgIpc) is 3.55. The van der Waals surface area contributed by atoms with E-state index in [-0.39, 0.29) is 5.41 Å². The van der Waals surface area contributed by atoms with Crippen molar-refractivity contribution in [1.82, 2.24) is 0 Å². The third kappa shape index (κ3) is 5.15. The molecule has 0 heterocycles. The Kier molecular flexibility index (Phi) is 6.47. The van der Waals surface area contributed by atoms with E-state index in [1.807, 2.05) is 0 Å². The average molecular weight is 387 g/mol. The number of carbonyl (C=O) groups is 2. The van der Waals surface area contributed by atoms with Crippen LogP contribution in [0.3, 0.4) is 0 Å². The maximum Gasteiger partial charge on any atom is 0.309 e. The van der Waals surface area contributed by atoms with E-state index < -0.39 is 17.4 Å². The molecule has 0 bridgehead atoms. The Morgan fingerprint density at radius 3 is 1.82 bits per heavy atom.